The van der Waals surface area contributed by atoms with Gasteiger partial charge in [0.05, 0.1) is 6.54 Å². The number of nitrogens with zero attached hydrogens (tertiary/aromatic N) is 3. The molecule has 1 amide bonds. The van der Waals surface area contributed by atoms with Gasteiger partial charge in [-0.3, -0.25) is 9.79 Å². The summed E-state index contributed by atoms with van der Waals surface area (Å²) in [6.07, 6.45) is -4.62. The third-order valence-corrected chi connectivity index (χ3v) is 5.97. The maximum atomic E-state index is 13.6. The number of aromatic nitrogens is 2. The number of amides is 1. The first-order valence-corrected chi connectivity index (χ1v) is 10.8. The number of benzene rings is 2. The number of H-pyrrole nitrogens is 1. The Kier molecular flexibility index (Phi) is 6.56. The molecule has 0 radical (unpaired) electrons. The summed E-state index contributed by atoms with van der Waals surface area (Å²) in [6, 6.07) is 12.8. The smallest absolute Gasteiger partial charge is 0.377 e. The second-order valence-corrected chi connectivity index (χ2v) is 8.40. The Morgan fingerprint density at radius 1 is 1.24 bits per heavy atom. The molecule has 4 rings (SSSR count). The highest BCUT2D eigenvalue weighted by Crippen LogP contribution is 2.37. The Morgan fingerprint density at radius 2 is 1.94 bits per heavy atom. The van der Waals surface area contributed by atoms with Crippen LogP contribution >= 0.6 is 0 Å². The number of hydrogen-bond donors (Lipinski definition) is 1. The number of rotatable bonds is 7. The van der Waals surface area contributed by atoms with E-state index in [1.807, 2.05) is 24.3 Å². The zero-order chi connectivity index (χ0) is 24.5. The van der Waals surface area contributed by atoms with E-state index in [1.165, 1.54) is 13.2 Å². The van der Waals surface area contributed by atoms with Crippen LogP contribution in [0, 0.1) is 6.92 Å². The minimum atomic E-state index is -4.62. The normalized spacial score (nSPS) is 14.2. The lowest BCUT2D eigenvalue weighted by atomic mass is 9.90. The maximum Gasteiger partial charge on any atom is 0.433 e. The van der Waals surface area contributed by atoms with E-state index < -0.39 is 11.9 Å². The number of likely N-dealkylation sites (tertiary alicyclic amines) is 1. The number of imidazole rings is 1. The van der Waals surface area contributed by atoms with Gasteiger partial charge in [-0.2, -0.15) is 13.2 Å². The van der Waals surface area contributed by atoms with Crippen molar-refractivity contribution in [3.63, 3.8) is 0 Å². The van der Waals surface area contributed by atoms with Gasteiger partial charge in [0.1, 0.15) is 23.8 Å². The van der Waals surface area contributed by atoms with Gasteiger partial charge in [0, 0.05) is 37.2 Å². The molecule has 178 valence electrons. The lowest BCUT2D eigenvalue weighted by Crippen LogP contribution is -2.48. The minimum absolute atomic E-state index is 0.0708. The number of nitrogens with one attached hydrogen (secondary N) is 1. The molecule has 0 saturated carbocycles. The molecule has 1 aromatic heterocycles. The largest absolute Gasteiger partial charge is 0.433 e. The first-order valence-electron chi connectivity index (χ1n) is 10.8. The Balaban J connectivity index is 1.54. The third-order valence-electron chi connectivity index (χ3n) is 5.97. The third kappa shape index (κ3) is 4.75. The summed E-state index contributed by atoms with van der Waals surface area (Å²) in [5, 5.41) is 0. The quantitative estimate of drug-likeness (QED) is 0.495. The van der Waals surface area contributed by atoms with Crippen LogP contribution in [0.25, 0.3) is 11.3 Å². The molecule has 2 aromatic carbocycles. The van der Waals surface area contributed by atoms with Crippen molar-refractivity contribution in [3.8, 4) is 11.3 Å². The average molecular weight is 470 g/mol. The van der Waals surface area contributed by atoms with Crippen LogP contribution in [0.15, 0.2) is 47.5 Å². The summed E-state index contributed by atoms with van der Waals surface area (Å²) in [7, 11) is 1.38. The van der Waals surface area contributed by atoms with Gasteiger partial charge in [-0.1, -0.05) is 30.3 Å². The summed E-state index contributed by atoms with van der Waals surface area (Å²) in [5.74, 6) is 0.0759. The summed E-state index contributed by atoms with van der Waals surface area (Å²) in [6.45, 7) is 6.77. The molecule has 9 heteroatoms. The van der Waals surface area contributed by atoms with Crippen molar-refractivity contribution in [1.82, 2.24) is 14.9 Å². The van der Waals surface area contributed by atoms with Crippen LogP contribution < -0.4 is 0 Å². The fraction of sp³-hybridized carbons (Fsp3) is 0.320. The van der Waals surface area contributed by atoms with E-state index in [0.29, 0.717) is 30.8 Å². The number of hydrogen-bond acceptors (Lipinski definition) is 4. The average Bonchev–Trinajstić information content (AvgIpc) is 3.19. The van der Waals surface area contributed by atoms with Gasteiger partial charge in [0.2, 0.25) is 0 Å². The van der Waals surface area contributed by atoms with E-state index in [1.54, 1.807) is 24.0 Å². The van der Waals surface area contributed by atoms with E-state index in [9.17, 15) is 18.0 Å². The Labute approximate surface area is 195 Å². The fourth-order valence-electron chi connectivity index (χ4n) is 4.10. The number of carbonyl (C=O) groups excluding carboxylic acids is 1. The van der Waals surface area contributed by atoms with Gasteiger partial charge in [0.25, 0.3) is 5.91 Å². The fourth-order valence-corrected chi connectivity index (χ4v) is 4.10. The Morgan fingerprint density at radius 3 is 2.56 bits per heavy atom. The van der Waals surface area contributed by atoms with Crippen molar-refractivity contribution >= 4 is 12.6 Å². The van der Waals surface area contributed by atoms with Crippen molar-refractivity contribution in [2.75, 3.05) is 20.2 Å². The highest BCUT2D eigenvalue weighted by atomic mass is 19.4. The van der Waals surface area contributed by atoms with Crippen molar-refractivity contribution in [2.45, 2.75) is 32.2 Å². The molecule has 1 saturated heterocycles. The minimum Gasteiger partial charge on any atom is -0.377 e. The number of aromatic amines is 1. The first kappa shape index (κ1) is 23.7. The molecule has 0 atom stereocenters. The topological polar surface area (TPSA) is 70.6 Å². The molecule has 34 heavy (non-hydrogen) atoms. The van der Waals surface area contributed by atoms with Crippen LogP contribution in [0.4, 0.5) is 13.2 Å². The van der Waals surface area contributed by atoms with Crippen molar-refractivity contribution in [1.29, 1.82) is 0 Å². The second kappa shape index (κ2) is 9.42. The van der Waals surface area contributed by atoms with Gasteiger partial charge < -0.3 is 14.6 Å². The van der Waals surface area contributed by atoms with Gasteiger partial charge in [-0.25, -0.2) is 4.98 Å². The first-order chi connectivity index (χ1) is 16.2. The maximum absolute atomic E-state index is 13.6. The zero-order valence-electron chi connectivity index (χ0n) is 18.9. The lowest BCUT2D eigenvalue weighted by Gasteiger charge is -2.39. The molecule has 0 bridgehead atoms. The van der Waals surface area contributed by atoms with Crippen molar-refractivity contribution < 1.29 is 22.7 Å². The van der Waals surface area contributed by atoms with Crippen LogP contribution in [0.2, 0.25) is 0 Å². The Hall–Kier alpha value is -3.46. The molecule has 3 aromatic rings. The standard InChI is InChI=1S/C25H25F3N4O2/c1-15-4-7-18(10-20(15)22-23(25(26,27)28)31-21(30-22)14-34-3)24(33)32-12-19(13-32)17-8-5-16(6-9-17)11-29-2/h4-10,19H,2,11-14H2,1,3H3,(H,30,31). The molecule has 0 spiro atoms. The molecule has 1 fully saturated rings. The molecule has 1 N–H and O–H groups in total. The van der Waals surface area contributed by atoms with E-state index in [-0.39, 0.29) is 35.5 Å². The summed E-state index contributed by atoms with van der Waals surface area (Å²) in [5.41, 5.74) is 2.21. The van der Waals surface area contributed by atoms with E-state index in [0.717, 1.165) is 11.1 Å². The monoisotopic (exact) mass is 470 g/mol. The van der Waals surface area contributed by atoms with E-state index in [4.69, 9.17) is 4.74 Å². The molecule has 1 aliphatic heterocycles. The highest BCUT2D eigenvalue weighted by molar-refractivity contribution is 5.96. The summed E-state index contributed by atoms with van der Waals surface area (Å²) < 4.78 is 45.9. The van der Waals surface area contributed by atoms with Crippen LogP contribution in [-0.4, -0.2) is 47.7 Å². The van der Waals surface area contributed by atoms with E-state index >= 15 is 0 Å². The van der Waals surface area contributed by atoms with Gasteiger partial charge >= 0.3 is 6.18 Å². The van der Waals surface area contributed by atoms with Crippen LogP contribution in [0.1, 0.15) is 44.5 Å². The predicted molar refractivity (Wildman–Crippen MR) is 123 cm³/mol. The molecule has 0 unspecified atom stereocenters. The van der Waals surface area contributed by atoms with Crippen LogP contribution in [0.3, 0.4) is 0 Å². The number of aryl methyl sites for hydroxylation is 1. The highest BCUT2D eigenvalue weighted by Gasteiger charge is 2.38. The zero-order valence-corrected chi connectivity index (χ0v) is 18.9. The summed E-state index contributed by atoms with van der Waals surface area (Å²) >= 11 is 0. The van der Waals surface area contributed by atoms with Crippen LogP contribution in [-0.2, 0) is 24.1 Å². The number of methoxy groups -OCH3 is 1. The Bertz CT molecular complexity index is 1200. The molecule has 0 aliphatic carbocycles. The second-order valence-electron chi connectivity index (χ2n) is 8.40. The van der Waals surface area contributed by atoms with Gasteiger partial charge in [-0.05, 0) is 42.5 Å². The number of carbonyl (C=O) groups is 1. The SMILES string of the molecule is C=NCc1ccc(C2CN(C(=O)c3ccc(C)c(-c4nc(COC)[nH]c4C(F)(F)F)c3)C2)cc1. The van der Waals surface area contributed by atoms with E-state index in [2.05, 4.69) is 21.7 Å². The van der Waals surface area contributed by atoms with Crippen molar-refractivity contribution in [3.05, 3.63) is 76.2 Å². The van der Waals surface area contributed by atoms with Gasteiger partial charge in [-0.15, -0.1) is 0 Å². The number of aliphatic imine (C=N–C) groups is 1. The van der Waals surface area contributed by atoms with Gasteiger partial charge in [0.15, 0.2) is 0 Å². The molecule has 2 heterocycles. The molecular formula is C25H25F3N4O2. The van der Waals surface area contributed by atoms with Crippen molar-refractivity contribution in [2.24, 2.45) is 4.99 Å². The molecular weight excluding hydrogens is 445 g/mol. The molecule has 6 nitrogen and oxygen atoms in total. The number of alkyl halides is 3. The molecule has 1 aliphatic rings. The summed E-state index contributed by atoms with van der Waals surface area (Å²) in [4.78, 5) is 25.1. The number of ether oxygens (including phenoxy) is 1. The van der Waals surface area contributed by atoms with Crippen LogP contribution in [0.5, 0.6) is 0 Å². The predicted octanol–water partition coefficient (Wildman–Crippen LogP) is 4.99. The number of halogens is 3. The lowest BCUT2D eigenvalue weighted by molar-refractivity contribution is -0.140.